The van der Waals surface area contributed by atoms with E-state index in [1.54, 1.807) is 11.3 Å². The zero-order valence-electron chi connectivity index (χ0n) is 13.9. The zero-order valence-corrected chi connectivity index (χ0v) is 14.7. The number of hydrogen-bond acceptors (Lipinski definition) is 7. The summed E-state index contributed by atoms with van der Waals surface area (Å²) in [5, 5.41) is 10.6. The van der Waals surface area contributed by atoms with E-state index in [0.29, 0.717) is 30.6 Å². The molecule has 0 bridgehead atoms. The van der Waals surface area contributed by atoms with Crippen LogP contribution in [-0.2, 0) is 12.8 Å². The maximum absolute atomic E-state index is 5.14. The normalized spacial score (nSPS) is 11.5. The molecule has 1 N–H and O–H groups in total. The SMILES string of the molecule is Cc1noc(CCNc2nc(C)nc3scc(CC(C)C)c23)n1. The van der Waals surface area contributed by atoms with Crippen LogP contribution >= 0.6 is 11.3 Å². The number of nitrogens with zero attached hydrogens (tertiary/aromatic N) is 4. The number of fused-ring (bicyclic) bond motifs is 1. The fourth-order valence-corrected chi connectivity index (χ4v) is 3.55. The van der Waals surface area contributed by atoms with Gasteiger partial charge in [0.05, 0.1) is 5.39 Å². The summed E-state index contributed by atoms with van der Waals surface area (Å²) >= 11 is 1.69. The van der Waals surface area contributed by atoms with Crippen LogP contribution < -0.4 is 5.32 Å². The predicted molar refractivity (Wildman–Crippen MR) is 91.9 cm³/mol. The Morgan fingerprint density at radius 2 is 2.00 bits per heavy atom. The molecule has 0 fully saturated rings. The van der Waals surface area contributed by atoms with Gasteiger partial charge in [0.2, 0.25) is 5.89 Å². The highest BCUT2D eigenvalue weighted by Crippen LogP contribution is 2.31. The van der Waals surface area contributed by atoms with Crippen molar-refractivity contribution in [1.82, 2.24) is 20.1 Å². The number of hydrogen-bond donors (Lipinski definition) is 1. The highest BCUT2D eigenvalue weighted by molar-refractivity contribution is 7.17. The standard InChI is InChI=1S/C16H21N5OS/c1-9(2)7-12-8-23-16-14(12)15(19-10(3)20-16)17-6-5-13-18-11(4)21-22-13/h8-9H,5-7H2,1-4H3,(H,17,19,20). The first-order valence-corrected chi connectivity index (χ1v) is 8.68. The second-order valence-electron chi connectivity index (χ2n) is 6.07. The van der Waals surface area contributed by atoms with Crippen LogP contribution in [0, 0.1) is 19.8 Å². The summed E-state index contributed by atoms with van der Waals surface area (Å²) in [5.74, 6) is 3.60. The van der Waals surface area contributed by atoms with Gasteiger partial charge in [-0.15, -0.1) is 11.3 Å². The monoisotopic (exact) mass is 331 g/mol. The fraction of sp³-hybridized carbons (Fsp3) is 0.500. The van der Waals surface area contributed by atoms with Crippen LogP contribution in [0.5, 0.6) is 0 Å². The molecule has 0 aliphatic carbocycles. The van der Waals surface area contributed by atoms with E-state index in [1.807, 2.05) is 13.8 Å². The lowest BCUT2D eigenvalue weighted by molar-refractivity contribution is 0.377. The molecule has 0 saturated carbocycles. The Hall–Kier alpha value is -2.02. The Labute approximate surface area is 139 Å². The van der Waals surface area contributed by atoms with E-state index in [1.165, 1.54) is 5.56 Å². The van der Waals surface area contributed by atoms with Gasteiger partial charge in [-0.2, -0.15) is 4.98 Å². The van der Waals surface area contributed by atoms with Crippen LogP contribution in [0.2, 0.25) is 0 Å². The van der Waals surface area contributed by atoms with Crippen molar-refractivity contribution in [2.75, 3.05) is 11.9 Å². The van der Waals surface area contributed by atoms with Crippen molar-refractivity contribution in [3.05, 3.63) is 28.5 Å². The molecule has 0 aliphatic heterocycles. The van der Waals surface area contributed by atoms with E-state index in [9.17, 15) is 0 Å². The Morgan fingerprint density at radius 3 is 2.70 bits per heavy atom. The molecule has 0 spiro atoms. The molecule has 3 heterocycles. The first kappa shape index (κ1) is 15.9. The first-order valence-electron chi connectivity index (χ1n) is 7.80. The van der Waals surface area contributed by atoms with Crippen molar-refractivity contribution in [1.29, 1.82) is 0 Å². The lowest BCUT2D eigenvalue weighted by Crippen LogP contribution is -2.08. The molecular formula is C16H21N5OS. The van der Waals surface area contributed by atoms with Crippen molar-refractivity contribution < 1.29 is 4.52 Å². The number of aromatic nitrogens is 4. The smallest absolute Gasteiger partial charge is 0.228 e. The molecule has 0 aliphatic rings. The predicted octanol–water partition coefficient (Wildman–Crippen LogP) is 3.54. The van der Waals surface area contributed by atoms with Crippen molar-refractivity contribution in [2.45, 2.75) is 40.5 Å². The molecule has 0 unspecified atom stereocenters. The summed E-state index contributed by atoms with van der Waals surface area (Å²) in [6.07, 6.45) is 1.71. The van der Waals surface area contributed by atoms with Crippen molar-refractivity contribution in [3.63, 3.8) is 0 Å². The second kappa shape index (κ2) is 6.62. The highest BCUT2D eigenvalue weighted by atomic mass is 32.1. The number of aryl methyl sites for hydroxylation is 2. The van der Waals surface area contributed by atoms with Crippen LogP contribution in [0.1, 0.15) is 37.0 Å². The Morgan fingerprint density at radius 1 is 1.17 bits per heavy atom. The molecular weight excluding hydrogens is 310 g/mol. The summed E-state index contributed by atoms with van der Waals surface area (Å²) in [6.45, 7) is 8.90. The minimum Gasteiger partial charge on any atom is -0.369 e. The van der Waals surface area contributed by atoms with Gasteiger partial charge in [-0.25, -0.2) is 9.97 Å². The maximum Gasteiger partial charge on any atom is 0.228 e. The van der Waals surface area contributed by atoms with Gasteiger partial charge in [0.1, 0.15) is 16.5 Å². The van der Waals surface area contributed by atoms with E-state index in [4.69, 9.17) is 4.52 Å². The summed E-state index contributed by atoms with van der Waals surface area (Å²) in [7, 11) is 0. The second-order valence-corrected chi connectivity index (χ2v) is 6.93. The van der Waals surface area contributed by atoms with Crippen LogP contribution in [0.25, 0.3) is 10.2 Å². The van der Waals surface area contributed by atoms with Gasteiger partial charge >= 0.3 is 0 Å². The fourth-order valence-electron chi connectivity index (χ4n) is 2.55. The number of thiophene rings is 1. The van der Waals surface area contributed by atoms with Crippen molar-refractivity contribution in [2.24, 2.45) is 5.92 Å². The molecule has 3 aromatic rings. The Bertz CT molecular complexity index is 808. The van der Waals surface area contributed by atoms with E-state index in [0.717, 1.165) is 28.3 Å². The average molecular weight is 331 g/mol. The van der Waals surface area contributed by atoms with E-state index >= 15 is 0 Å². The zero-order chi connectivity index (χ0) is 16.4. The lowest BCUT2D eigenvalue weighted by Gasteiger charge is -2.09. The Balaban J connectivity index is 1.81. The molecule has 3 aromatic heterocycles. The number of nitrogens with one attached hydrogen (secondary N) is 1. The molecule has 23 heavy (non-hydrogen) atoms. The van der Waals surface area contributed by atoms with E-state index in [-0.39, 0.29) is 0 Å². The molecule has 0 amide bonds. The van der Waals surface area contributed by atoms with Crippen molar-refractivity contribution in [3.8, 4) is 0 Å². The van der Waals surface area contributed by atoms with Gasteiger partial charge in [0.15, 0.2) is 5.82 Å². The summed E-state index contributed by atoms with van der Waals surface area (Å²) in [5.41, 5.74) is 1.32. The van der Waals surface area contributed by atoms with Gasteiger partial charge in [-0.05, 0) is 37.1 Å². The third-order valence-electron chi connectivity index (χ3n) is 3.45. The molecule has 6 nitrogen and oxygen atoms in total. The van der Waals surface area contributed by atoms with Gasteiger partial charge < -0.3 is 9.84 Å². The summed E-state index contributed by atoms with van der Waals surface area (Å²) < 4.78 is 5.14. The Kier molecular flexibility index (Phi) is 4.56. The quantitative estimate of drug-likeness (QED) is 0.744. The van der Waals surface area contributed by atoms with Crippen LogP contribution in [0.3, 0.4) is 0 Å². The average Bonchev–Trinajstić information content (AvgIpc) is 3.05. The van der Waals surface area contributed by atoms with E-state index < -0.39 is 0 Å². The number of anilines is 1. The minimum atomic E-state index is 0.600. The first-order chi connectivity index (χ1) is 11.0. The largest absolute Gasteiger partial charge is 0.369 e. The molecule has 7 heteroatoms. The third kappa shape index (κ3) is 3.67. The molecule has 0 atom stereocenters. The topological polar surface area (TPSA) is 76.7 Å². The molecule has 0 aromatic carbocycles. The van der Waals surface area contributed by atoms with E-state index in [2.05, 4.69) is 44.7 Å². The molecule has 0 saturated heterocycles. The summed E-state index contributed by atoms with van der Waals surface area (Å²) in [4.78, 5) is 14.4. The van der Waals surface area contributed by atoms with Crippen LogP contribution in [0.15, 0.2) is 9.90 Å². The molecule has 0 radical (unpaired) electrons. The minimum absolute atomic E-state index is 0.600. The molecule has 3 rings (SSSR count). The third-order valence-corrected chi connectivity index (χ3v) is 4.37. The van der Waals surface area contributed by atoms with Crippen molar-refractivity contribution >= 4 is 27.4 Å². The van der Waals surface area contributed by atoms with Crippen LogP contribution in [-0.4, -0.2) is 26.7 Å². The van der Waals surface area contributed by atoms with Crippen LogP contribution in [0.4, 0.5) is 5.82 Å². The van der Waals surface area contributed by atoms with Gasteiger partial charge in [-0.1, -0.05) is 19.0 Å². The molecule has 122 valence electrons. The number of rotatable bonds is 6. The lowest BCUT2D eigenvalue weighted by atomic mass is 10.0. The van der Waals surface area contributed by atoms with Gasteiger partial charge in [-0.3, -0.25) is 0 Å². The summed E-state index contributed by atoms with van der Waals surface area (Å²) in [6, 6.07) is 0. The van der Waals surface area contributed by atoms with Gasteiger partial charge in [0.25, 0.3) is 0 Å². The maximum atomic E-state index is 5.14. The highest BCUT2D eigenvalue weighted by Gasteiger charge is 2.14. The van der Waals surface area contributed by atoms with Gasteiger partial charge in [0, 0.05) is 13.0 Å².